The summed E-state index contributed by atoms with van der Waals surface area (Å²) in [5, 5.41) is 15.2. The summed E-state index contributed by atoms with van der Waals surface area (Å²) >= 11 is 0. The molecular formula is C16H18N6O. The number of para-hydroxylation sites is 1. The van der Waals surface area contributed by atoms with Gasteiger partial charge in [0.1, 0.15) is 5.82 Å². The second kappa shape index (κ2) is 6.04. The molecule has 0 aliphatic carbocycles. The summed E-state index contributed by atoms with van der Waals surface area (Å²) in [5.74, 6) is 1.27. The third-order valence-electron chi connectivity index (χ3n) is 3.71. The smallest absolute Gasteiger partial charge is 0.272 e. The molecule has 0 atom stereocenters. The fraction of sp³-hybridized carbons (Fsp3) is 0.250. The fourth-order valence-electron chi connectivity index (χ4n) is 2.27. The minimum atomic E-state index is -0.233. The van der Waals surface area contributed by atoms with Crippen LogP contribution in [0.15, 0.2) is 36.4 Å². The third-order valence-corrected chi connectivity index (χ3v) is 3.71. The summed E-state index contributed by atoms with van der Waals surface area (Å²) in [6.45, 7) is 4.10. The van der Waals surface area contributed by atoms with Gasteiger partial charge < -0.3 is 9.88 Å². The van der Waals surface area contributed by atoms with Crippen LogP contribution < -0.4 is 5.32 Å². The van der Waals surface area contributed by atoms with E-state index >= 15 is 0 Å². The van der Waals surface area contributed by atoms with Gasteiger partial charge >= 0.3 is 0 Å². The maximum absolute atomic E-state index is 12.3. The zero-order chi connectivity index (χ0) is 16.4. The molecular weight excluding hydrogens is 292 g/mol. The summed E-state index contributed by atoms with van der Waals surface area (Å²) in [5.41, 5.74) is 2.20. The molecule has 0 bridgehead atoms. The molecule has 0 radical (unpaired) electrons. The molecule has 7 heteroatoms. The molecule has 0 spiro atoms. The molecule has 0 unspecified atom stereocenters. The van der Waals surface area contributed by atoms with E-state index in [1.807, 2.05) is 55.8 Å². The lowest BCUT2D eigenvalue weighted by Gasteiger charge is -2.04. The van der Waals surface area contributed by atoms with Crippen LogP contribution in [0.1, 0.15) is 27.8 Å². The summed E-state index contributed by atoms with van der Waals surface area (Å²) in [6.07, 6.45) is 0. The van der Waals surface area contributed by atoms with E-state index in [9.17, 15) is 4.79 Å². The van der Waals surface area contributed by atoms with Gasteiger partial charge in [0, 0.05) is 12.7 Å². The minimum absolute atomic E-state index is 0.233. The zero-order valence-electron chi connectivity index (χ0n) is 13.3. The van der Waals surface area contributed by atoms with Gasteiger partial charge in [0.25, 0.3) is 5.91 Å². The monoisotopic (exact) mass is 310 g/mol. The predicted octanol–water partition coefficient (Wildman–Crippen LogP) is 1.55. The van der Waals surface area contributed by atoms with Crippen molar-refractivity contribution in [2.75, 3.05) is 0 Å². The molecule has 0 fully saturated rings. The van der Waals surface area contributed by atoms with Crippen molar-refractivity contribution in [3.8, 4) is 5.69 Å². The average molecular weight is 310 g/mol. The van der Waals surface area contributed by atoms with Crippen molar-refractivity contribution in [3.05, 3.63) is 59.4 Å². The SMILES string of the molecule is Cc1cc(C(=O)NCc2nnc(C)n2C)nn1-c1ccccc1. The molecule has 2 aromatic heterocycles. The molecule has 3 aromatic rings. The van der Waals surface area contributed by atoms with Gasteiger partial charge in [-0.3, -0.25) is 4.79 Å². The van der Waals surface area contributed by atoms with E-state index in [0.717, 1.165) is 17.2 Å². The number of rotatable bonds is 4. The molecule has 1 amide bonds. The first-order chi connectivity index (χ1) is 11.1. The van der Waals surface area contributed by atoms with Gasteiger partial charge in [0.05, 0.1) is 12.2 Å². The summed E-state index contributed by atoms with van der Waals surface area (Å²) in [4.78, 5) is 12.3. The van der Waals surface area contributed by atoms with Crippen LogP contribution >= 0.6 is 0 Å². The van der Waals surface area contributed by atoms with Crippen molar-refractivity contribution < 1.29 is 4.79 Å². The Morgan fingerprint density at radius 2 is 1.91 bits per heavy atom. The average Bonchev–Trinajstić information content (AvgIpc) is 3.10. The van der Waals surface area contributed by atoms with E-state index in [-0.39, 0.29) is 5.91 Å². The Hall–Kier alpha value is -2.96. The summed E-state index contributed by atoms with van der Waals surface area (Å²) < 4.78 is 3.59. The molecule has 23 heavy (non-hydrogen) atoms. The number of nitrogens with one attached hydrogen (secondary N) is 1. The van der Waals surface area contributed by atoms with Crippen LogP contribution in [0, 0.1) is 13.8 Å². The highest BCUT2D eigenvalue weighted by atomic mass is 16.1. The molecule has 1 aromatic carbocycles. The van der Waals surface area contributed by atoms with Gasteiger partial charge in [-0.25, -0.2) is 4.68 Å². The number of carbonyl (C=O) groups excluding carboxylic acids is 1. The molecule has 0 saturated carbocycles. The first-order valence-electron chi connectivity index (χ1n) is 7.31. The lowest BCUT2D eigenvalue weighted by molar-refractivity contribution is 0.0944. The van der Waals surface area contributed by atoms with E-state index in [1.165, 1.54) is 0 Å². The highest BCUT2D eigenvalue weighted by molar-refractivity contribution is 5.92. The van der Waals surface area contributed by atoms with Crippen LogP contribution in [0.3, 0.4) is 0 Å². The van der Waals surface area contributed by atoms with Gasteiger partial charge in [0.15, 0.2) is 11.5 Å². The van der Waals surface area contributed by atoms with E-state index in [1.54, 1.807) is 10.7 Å². The molecule has 1 N–H and O–H groups in total. The van der Waals surface area contributed by atoms with Crippen molar-refractivity contribution in [2.45, 2.75) is 20.4 Å². The lowest BCUT2D eigenvalue weighted by Crippen LogP contribution is -2.25. The predicted molar refractivity (Wildman–Crippen MR) is 85.2 cm³/mol. The van der Waals surface area contributed by atoms with Gasteiger partial charge in [0.2, 0.25) is 0 Å². The van der Waals surface area contributed by atoms with Crippen LogP contribution in [-0.2, 0) is 13.6 Å². The second-order valence-corrected chi connectivity index (χ2v) is 5.32. The molecule has 118 valence electrons. The topological polar surface area (TPSA) is 77.6 Å². The number of nitrogens with zero attached hydrogens (tertiary/aromatic N) is 5. The number of amides is 1. The maximum Gasteiger partial charge on any atom is 0.272 e. The van der Waals surface area contributed by atoms with Crippen LogP contribution in [-0.4, -0.2) is 30.5 Å². The van der Waals surface area contributed by atoms with E-state index < -0.39 is 0 Å². The Labute approximate surface area is 134 Å². The fourth-order valence-corrected chi connectivity index (χ4v) is 2.27. The Morgan fingerprint density at radius 1 is 1.17 bits per heavy atom. The zero-order valence-corrected chi connectivity index (χ0v) is 13.3. The number of hydrogen-bond acceptors (Lipinski definition) is 4. The van der Waals surface area contributed by atoms with Crippen molar-refractivity contribution >= 4 is 5.91 Å². The van der Waals surface area contributed by atoms with Crippen LogP contribution in [0.5, 0.6) is 0 Å². The highest BCUT2D eigenvalue weighted by Gasteiger charge is 2.14. The molecule has 0 saturated heterocycles. The number of aromatic nitrogens is 5. The van der Waals surface area contributed by atoms with Crippen molar-refractivity contribution in [1.82, 2.24) is 29.9 Å². The largest absolute Gasteiger partial charge is 0.343 e. The minimum Gasteiger partial charge on any atom is -0.343 e. The van der Waals surface area contributed by atoms with Crippen LogP contribution in [0.2, 0.25) is 0 Å². The van der Waals surface area contributed by atoms with Crippen LogP contribution in [0.25, 0.3) is 5.69 Å². The van der Waals surface area contributed by atoms with Gasteiger partial charge in [-0.15, -0.1) is 10.2 Å². The van der Waals surface area contributed by atoms with E-state index in [2.05, 4.69) is 20.6 Å². The summed E-state index contributed by atoms with van der Waals surface area (Å²) in [6, 6.07) is 11.5. The Kier molecular flexibility index (Phi) is 3.92. The van der Waals surface area contributed by atoms with Gasteiger partial charge in [-0.2, -0.15) is 5.10 Å². The number of aryl methyl sites for hydroxylation is 2. The quantitative estimate of drug-likeness (QED) is 0.793. The summed E-state index contributed by atoms with van der Waals surface area (Å²) in [7, 11) is 1.87. The number of benzene rings is 1. The standard InChI is InChI=1S/C16H18N6O/c1-11-9-14(20-22(11)13-7-5-4-6-8-13)16(23)17-10-15-19-18-12(2)21(15)3/h4-9H,10H2,1-3H3,(H,17,23). The maximum atomic E-state index is 12.3. The van der Waals surface area contributed by atoms with Gasteiger partial charge in [-0.05, 0) is 32.0 Å². The Bertz CT molecular complexity index is 834. The molecule has 0 aliphatic rings. The van der Waals surface area contributed by atoms with Crippen molar-refractivity contribution in [2.24, 2.45) is 7.05 Å². The second-order valence-electron chi connectivity index (χ2n) is 5.32. The molecule has 7 nitrogen and oxygen atoms in total. The first-order valence-corrected chi connectivity index (χ1v) is 7.31. The number of carbonyl (C=O) groups is 1. The lowest BCUT2D eigenvalue weighted by atomic mass is 10.3. The molecule has 3 rings (SSSR count). The Morgan fingerprint density at radius 3 is 2.57 bits per heavy atom. The Balaban J connectivity index is 1.75. The first kappa shape index (κ1) is 15.0. The highest BCUT2D eigenvalue weighted by Crippen LogP contribution is 2.11. The molecule has 0 aliphatic heterocycles. The van der Waals surface area contributed by atoms with E-state index in [0.29, 0.717) is 18.1 Å². The van der Waals surface area contributed by atoms with Crippen molar-refractivity contribution in [1.29, 1.82) is 0 Å². The normalized spacial score (nSPS) is 10.7. The van der Waals surface area contributed by atoms with E-state index in [4.69, 9.17) is 0 Å². The third kappa shape index (κ3) is 2.98. The molecule has 2 heterocycles. The number of hydrogen-bond donors (Lipinski definition) is 1. The van der Waals surface area contributed by atoms with Crippen molar-refractivity contribution in [3.63, 3.8) is 0 Å². The van der Waals surface area contributed by atoms with Gasteiger partial charge in [-0.1, -0.05) is 18.2 Å². The van der Waals surface area contributed by atoms with Crippen LogP contribution in [0.4, 0.5) is 0 Å².